The lowest BCUT2D eigenvalue weighted by molar-refractivity contribution is 0.0696. The number of carbonyl (C=O) groups is 1. The number of hydrogen-bond acceptors (Lipinski definition) is 2. The van der Waals surface area contributed by atoms with Gasteiger partial charge in [0.15, 0.2) is 0 Å². The van der Waals surface area contributed by atoms with Crippen LogP contribution in [0.5, 0.6) is 0 Å². The summed E-state index contributed by atoms with van der Waals surface area (Å²) in [5.41, 5.74) is 11.3. The molecule has 22 heavy (non-hydrogen) atoms. The maximum Gasteiger partial charge on any atom is 0.335 e. The van der Waals surface area contributed by atoms with Crippen LogP contribution in [0.15, 0.2) is 24.3 Å². The van der Waals surface area contributed by atoms with E-state index in [1.54, 1.807) is 6.07 Å². The lowest BCUT2D eigenvalue weighted by atomic mass is 9.98. The molecule has 4 heteroatoms. The number of aromatic carboxylic acids is 1. The lowest BCUT2D eigenvalue weighted by Gasteiger charge is -2.10. The minimum atomic E-state index is -0.880. The number of carboxylic acid groups (broad SMARTS) is 1. The Labute approximate surface area is 129 Å². The van der Waals surface area contributed by atoms with E-state index in [1.807, 2.05) is 19.9 Å². The molecule has 0 radical (unpaired) electrons. The number of carboxylic acids is 1. The van der Waals surface area contributed by atoms with Gasteiger partial charge in [0.05, 0.1) is 11.1 Å². The minimum Gasteiger partial charge on any atom is -0.478 e. The standard InChI is InChI=1S/C18H20N2O2/c1-4-20-16-6-5-12(9-19)7-14(16)15-8-13(18(21)22)10(2)11(3)17(15)20/h5-8H,4,9,19H2,1-3H3,(H,21,22). The van der Waals surface area contributed by atoms with Crippen molar-refractivity contribution in [3.05, 3.63) is 46.5 Å². The number of rotatable bonds is 3. The van der Waals surface area contributed by atoms with Gasteiger partial charge in [0.25, 0.3) is 0 Å². The number of nitrogens with zero attached hydrogens (tertiary/aromatic N) is 1. The number of aromatic nitrogens is 1. The predicted octanol–water partition coefficient (Wildman–Crippen LogP) is 3.59. The van der Waals surface area contributed by atoms with E-state index in [9.17, 15) is 9.90 Å². The van der Waals surface area contributed by atoms with Crippen molar-refractivity contribution in [2.75, 3.05) is 0 Å². The van der Waals surface area contributed by atoms with E-state index in [4.69, 9.17) is 5.73 Å². The van der Waals surface area contributed by atoms with Gasteiger partial charge in [-0.15, -0.1) is 0 Å². The summed E-state index contributed by atoms with van der Waals surface area (Å²) in [6, 6.07) is 7.99. The van der Waals surface area contributed by atoms with Gasteiger partial charge in [-0.05, 0) is 55.7 Å². The van der Waals surface area contributed by atoms with Crippen molar-refractivity contribution in [2.45, 2.75) is 33.9 Å². The first-order valence-electron chi connectivity index (χ1n) is 7.48. The molecule has 1 aromatic heterocycles. The molecule has 2 aromatic carbocycles. The van der Waals surface area contributed by atoms with Gasteiger partial charge < -0.3 is 15.4 Å². The molecular formula is C18H20N2O2. The molecule has 0 aliphatic carbocycles. The van der Waals surface area contributed by atoms with Crippen molar-refractivity contribution in [1.29, 1.82) is 0 Å². The van der Waals surface area contributed by atoms with Crippen molar-refractivity contribution in [3.63, 3.8) is 0 Å². The highest BCUT2D eigenvalue weighted by Crippen LogP contribution is 2.34. The van der Waals surface area contributed by atoms with Gasteiger partial charge in [-0.1, -0.05) is 6.07 Å². The average molecular weight is 296 g/mol. The summed E-state index contributed by atoms with van der Waals surface area (Å²) in [6.07, 6.45) is 0. The van der Waals surface area contributed by atoms with Gasteiger partial charge in [-0.25, -0.2) is 4.79 Å². The van der Waals surface area contributed by atoms with Gasteiger partial charge in [0.2, 0.25) is 0 Å². The highest BCUT2D eigenvalue weighted by atomic mass is 16.4. The Morgan fingerprint density at radius 2 is 1.91 bits per heavy atom. The van der Waals surface area contributed by atoms with Gasteiger partial charge in [-0.3, -0.25) is 0 Å². The third-order valence-electron chi connectivity index (χ3n) is 4.56. The topological polar surface area (TPSA) is 68.2 Å². The summed E-state index contributed by atoms with van der Waals surface area (Å²) in [7, 11) is 0. The molecule has 0 saturated heterocycles. The van der Waals surface area contributed by atoms with E-state index in [0.29, 0.717) is 12.1 Å². The van der Waals surface area contributed by atoms with E-state index >= 15 is 0 Å². The molecule has 0 aliphatic heterocycles. The number of hydrogen-bond donors (Lipinski definition) is 2. The van der Waals surface area contributed by atoms with Crippen molar-refractivity contribution >= 4 is 27.8 Å². The highest BCUT2D eigenvalue weighted by molar-refractivity contribution is 6.12. The van der Waals surface area contributed by atoms with Crippen molar-refractivity contribution in [3.8, 4) is 0 Å². The molecule has 0 saturated carbocycles. The minimum absolute atomic E-state index is 0.373. The number of fused-ring (bicyclic) bond motifs is 3. The molecule has 0 fully saturated rings. The number of benzene rings is 2. The normalized spacial score (nSPS) is 11.5. The van der Waals surface area contributed by atoms with Crippen LogP contribution in [-0.4, -0.2) is 15.6 Å². The fourth-order valence-electron chi connectivity index (χ4n) is 3.29. The summed E-state index contributed by atoms with van der Waals surface area (Å²) in [5, 5.41) is 11.5. The Bertz CT molecular complexity index is 907. The summed E-state index contributed by atoms with van der Waals surface area (Å²) < 4.78 is 2.25. The van der Waals surface area contributed by atoms with E-state index < -0.39 is 5.97 Å². The monoisotopic (exact) mass is 296 g/mol. The number of nitrogens with two attached hydrogens (primary N) is 1. The van der Waals surface area contributed by atoms with Crippen LogP contribution in [0, 0.1) is 13.8 Å². The smallest absolute Gasteiger partial charge is 0.335 e. The maximum atomic E-state index is 11.5. The molecule has 0 aliphatic rings. The van der Waals surface area contributed by atoms with Crippen LogP contribution in [0.4, 0.5) is 0 Å². The second-order valence-corrected chi connectivity index (χ2v) is 5.68. The van der Waals surface area contributed by atoms with Crippen LogP contribution in [0.3, 0.4) is 0 Å². The first-order chi connectivity index (χ1) is 10.5. The van der Waals surface area contributed by atoms with Gasteiger partial charge in [0, 0.05) is 29.4 Å². The Morgan fingerprint density at radius 1 is 1.18 bits per heavy atom. The van der Waals surface area contributed by atoms with Crippen LogP contribution < -0.4 is 5.73 Å². The van der Waals surface area contributed by atoms with E-state index in [0.717, 1.165) is 45.0 Å². The van der Waals surface area contributed by atoms with Crippen LogP contribution in [0.25, 0.3) is 21.8 Å². The molecule has 0 unspecified atom stereocenters. The Morgan fingerprint density at radius 3 is 2.50 bits per heavy atom. The SMILES string of the molecule is CCn1c2ccc(CN)cc2c2cc(C(=O)O)c(C)c(C)c21. The second-order valence-electron chi connectivity index (χ2n) is 5.68. The van der Waals surface area contributed by atoms with Gasteiger partial charge in [0.1, 0.15) is 0 Å². The molecule has 0 spiro atoms. The molecule has 0 bridgehead atoms. The zero-order valence-corrected chi connectivity index (χ0v) is 13.1. The molecule has 0 amide bonds. The lowest BCUT2D eigenvalue weighted by Crippen LogP contribution is -2.03. The zero-order chi connectivity index (χ0) is 16.0. The molecule has 3 rings (SSSR count). The quantitative estimate of drug-likeness (QED) is 0.776. The van der Waals surface area contributed by atoms with E-state index in [-0.39, 0.29) is 0 Å². The van der Waals surface area contributed by atoms with Crippen LogP contribution in [0.2, 0.25) is 0 Å². The second kappa shape index (κ2) is 5.14. The molecule has 1 heterocycles. The highest BCUT2D eigenvalue weighted by Gasteiger charge is 2.18. The average Bonchev–Trinajstić information content (AvgIpc) is 2.83. The van der Waals surface area contributed by atoms with E-state index in [1.165, 1.54) is 0 Å². The predicted molar refractivity (Wildman–Crippen MR) is 89.4 cm³/mol. The molecule has 3 N–H and O–H groups in total. The van der Waals surface area contributed by atoms with Crippen molar-refractivity contribution in [1.82, 2.24) is 4.57 Å². The Hall–Kier alpha value is -2.33. The first-order valence-corrected chi connectivity index (χ1v) is 7.48. The Balaban J connectivity index is 2.56. The summed E-state index contributed by atoms with van der Waals surface area (Å²) in [6.45, 7) is 7.30. The van der Waals surface area contributed by atoms with Crippen LogP contribution in [0.1, 0.15) is 34.0 Å². The summed E-state index contributed by atoms with van der Waals surface area (Å²) >= 11 is 0. The first kappa shape index (κ1) is 14.6. The van der Waals surface area contributed by atoms with Gasteiger partial charge >= 0.3 is 5.97 Å². The van der Waals surface area contributed by atoms with Crippen molar-refractivity contribution < 1.29 is 9.90 Å². The molecule has 114 valence electrons. The molecule has 0 atom stereocenters. The third-order valence-corrected chi connectivity index (χ3v) is 4.56. The summed E-state index contributed by atoms with van der Waals surface area (Å²) in [4.78, 5) is 11.5. The fourth-order valence-corrected chi connectivity index (χ4v) is 3.29. The van der Waals surface area contributed by atoms with Crippen LogP contribution in [-0.2, 0) is 13.1 Å². The van der Waals surface area contributed by atoms with Crippen molar-refractivity contribution in [2.24, 2.45) is 5.73 Å². The Kier molecular flexibility index (Phi) is 3.41. The molecule has 4 nitrogen and oxygen atoms in total. The fraction of sp³-hybridized carbons (Fsp3) is 0.278. The van der Waals surface area contributed by atoms with Gasteiger partial charge in [-0.2, -0.15) is 0 Å². The summed E-state index contributed by atoms with van der Waals surface area (Å²) in [5.74, 6) is -0.880. The largest absolute Gasteiger partial charge is 0.478 e. The van der Waals surface area contributed by atoms with E-state index in [2.05, 4.69) is 23.6 Å². The number of aryl methyl sites for hydroxylation is 2. The molecular weight excluding hydrogens is 276 g/mol. The maximum absolute atomic E-state index is 11.5. The zero-order valence-electron chi connectivity index (χ0n) is 13.1. The molecule has 3 aromatic rings. The third kappa shape index (κ3) is 1.91. The van der Waals surface area contributed by atoms with Crippen LogP contribution >= 0.6 is 0 Å².